The number of benzene rings is 2. The Morgan fingerprint density at radius 2 is 1.00 bits per heavy atom. The summed E-state index contributed by atoms with van der Waals surface area (Å²) in [5.41, 5.74) is 0.506. The molecule has 0 aliphatic rings. The molecule has 90 valence electrons. The molecule has 4 nitrogen and oxygen atoms in total. The number of carbonyl (C=O) groups is 2. The predicted molar refractivity (Wildman–Crippen MR) is 66.3 cm³/mol. The molecule has 5 heteroatoms. The molecule has 2 aromatic rings. The molecule has 0 fully saturated rings. The molecule has 0 spiro atoms. The summed E-state index contributed by atoms with van der Waals surface area (Å²) >= 11 is 0. The van der Waals surface area contributed by atoms with Gasteiger partial charge < -0.3 is 19.8 Å². The summed E-state index contributed by atoms with van der Waals surface area (Å²) in [7, 11) is 0. The van der Waals surface area contributed by atoms with Crippen molar-refractivity contribution in [2.24, 2.45) is 0 Å². The average molecular weight is 280 g/mol. The zero-order valence-corrected chi connectivity index (χ0v) is 12.2. The van der Waals surface area contributed by atoms with E-state index in [4.69, 9.17) is 0 Å². The normalized spacial score (nSPS) is 9.47. The van der Waals surface area contributed by atoms with Gasteiger partial charge in [-0.1, -0.05) is 48.5 Å². The Balaban J connectivity index is 0.00000180. The number of rotatable bonds is 3. The van der Waals surface area contributed by atoms with Crippen molar-refractivity contribution in [3.05, 3.63) is 59.7 Å². The molecule has 0 radical (unpaired) electrons. The summed E-state index contributed by atoms with van der Waals surface area (Å²) in [6.07, 6.45) is 0. The minimum atomic E-state index is -1.35. The second-order valence-corrected chi connectivity index (χ2v) is 3.67. The summed E-state index contributed by atoms with van der Waals surface area (Å²) in [5.74, 6) is -2.70. The number of aromatic carboxylic acids is 2. The Labute approximate surface area is 139 Å². The van der Waals surface area contributed by atoms with E-state index in [1.807, 2.05) is 0 Å². The van der Waals surface area contributed by atoms with Gasteiger partial charge in [0.25, 0.3) is 0 Å². The van der Waals surface area contributed by atoms with E-state index < -0.39 is 11.9 Å². The monoisotopic (exact) mass is 280 g/mol. The van der Waals surface area contributed by atoms with E-state index >= 15 is 0 Å². The molecule has 0 aliphatic heterocycles. The fraction of sp³-hybridized carbons (Fsp3) is 0. The van der Waals surface area contributed by atoms with Crippen LogP contribution in [0.2, 0.25) is 0 Å². The van der Waals surface area contributed by atoms with E-state index in [-0.39, 0.29) is 48.9 Å². The Morgan fingerprint density at radius 1 is 0.684 bits per heavy atom. The van der Waals surface area contributed by atoms with Crippen LogP contribution in [0.4, 0.5) is 0 Å². The van der Waals surface area contributed by atoms with Gasteiger partial charge in [-0.2, -0.15) is 0 Å². The Bertz CT molecular complexity index is 567. The van der Waals surface area contributed by atoms with E-state index in [1.54, 1.807) is 24.3 Å². The van der Waals surface area contributed by atoms with Crippen molar-refractivity contribution < 1.29 is 19.8 Å². The van der Waals surface area contributed by atoms with Crippen molar-refractivity contribution >= 4 is 49.7 Å². The Morgan fingerprint density at radius 3 is 1.32 bits per heavy atom. The van der Waals surface area contributed by atoms with Gasteiger partial charge in [0.1, 0.15) is 0 Å². The van der Waals surface area contributed by atoms with Crippen LogP contribution >= 0.6 is 0 Å². The summed E-state index contributed by atoms with van der Waals surface area (Å²) < 4.78 is 0. The molecule has 0 heterocycles. The van der Waals surface area contributed by atoms with Gasteiger partial charge in [-0.25, -0.2) is 0 Å². The molecule has 0 N–H and O–H groups in total. The number of carboxylic acids is 2. The molecule has 0 bridgehead atoms. The maximum absolute atomic E-state index is 11.0. The average Bonchev–Trinajstić information content (AvgIpc) is 2.38. The van der Waals surface area contributed by atoms with Crippen LogP contribution in [0, 0.1) is 0 Å². The molecule has 2 rings (SSSR count). The molecule has 0 aromatic heterocycles. The largest absolute Gasteiger partial charge is 2.00 e. The number of hydrogen-bond donors (Lipinski definition) is 0. The van der Waals surface area contributed by atoms with Crippen LogP contribution in [0.1, 0.15) is 20.7 Å². The summed E-state index contributed by atoms with van der Waals surface area (Å²) in [6.45, 7) is 0. The molecule has 0 saturated heterocycles. The smallest absolute Gasteiger partial charge is 0.545 e. The molecule has 2 aromatic carbocycles. The number of hydrogen-bond acceptors (Lipinski definition) is 4. The van der Waals surface area contributed by atoms with Gasteiger partial charge in [-0.3, -0.25) is 0 Å². The topological polar surface area (TPSA) is 80.3 Å². The maximum atomic E-state index is 11.0. The fourth-order valence-corrected chi connectivity index (χ4v) is 1.79. The van der Waals surface area contributed by atoms with E-state index in [1.165, 1.54) is 24.3 Å². The third-order valence-corrected chi connectivity index (χ3v) is 2.58. The van der Waals surface area contributed by atoms with E-state index in [0.717, 1.165) is 0 Å². The van der Waals surface area contributed by atoms with Crippen molar-refractivity contribution in [3.63, 3.8) is 0 Å². The zero-order chi connectivity index (χ0) is 13.1. The van der Waals surface area contributed by atoms with Crippen molar-refractivity contribution in [1.82, 2.24) is 0 Å². The van der Waals surface area contributed by atoms with Crippen LogP contribution in [-0.4, -0.2) is 49.7 Å². The van der Waals surface area contributed by atoms with Crippen LogP contribution in [0.3, 0.4) is 0 Å². The zero-order valence-electron chi connectivity index (χ0n) is 9.96. The van der Waals surface area contributed by atoms with Crippen molar-refractivity contribution in [2.75, 3.05) is 0 Å². The van der Waals surface area contributed by atoms with Crippen LogP contribution in [0.5, 0.6) is 0 Å². The van der Waals surface area contributed by atoms with Gasteiger partial charge in [-0.05, 0) is 11.1 Å². The van der Waals surface area contributed by atoms with Crippen LogP contribution in [0.25, 0.3) is 11.1 Å². The third kappa shape index (κ3) is 3.35. The van der Waals surface area contributed by atoms with E-state index in [9.17, 15) is 19.8 Å². The van der Waals surface area contributed by atoms with E-state index in [0.29, 0.717) is 11.1 Å². The first-order chi connectivity index (χ1) is 8.61. The van der Waals surface area contributed by atoms with Gasteiger partial charge in [0, 0.05) is 11.1 Å². The number of carbonyl (C=O) groups excluding carboxylic acids is 2. The molecular formula is C14H8CaO4. The summed E-state index contributed by atoms with van der Waals surface area (Å²) in [6, 6.07) is 12.2. The summed E-state index contributed by atoms with van der Waals surface area (Å²) in [5, 5.41) is 22.0. The van der Waals surface area contributed by atoms with E-state index in [2.05, 4.69) is 0 Å². The first-order valence-electron chi connectivity index (χ1n) is 5.22. The van der Waals surface area contributed by atoms with Crippen LogP contribution in [-0.2, 0) is 0 Å². The minimum absolute atomic E-state index is 0. The molecule has 0 amide bonds. The second kappa shape index (κ2) is 6.70. The maximum Gasteiger partial charge on any atom is 2.00 e. The second-order valence-electron chi connectivity index (χ2n) is 3.67. The van der Waals surface area contributed by atoms with Crippen molar-refractivity contribution in [2.45, 2.75) is 0 Å². The fourth-order valence-electron chi connectivity index (χ4n) is 1.79. The quantitative estimate of drug-likeness (QED) is 0.723. The molecule has 19 heavy (non-hydrogen) atoms. The van der Waals surface area contributed by atoms with Crippen LogP contribution < -0.4 is 10.2 Å². The number of carboxylic acid groups (broad SMARTS) is 2. The Kier molecular flexibility index (Phi) is 5.54. The van der Waals surface area contributed by atoms with Gasteiger partial charge in [0.05, 0.1) is 11.9 Å². The molecule has 0 aliphatic carbocycles. The SMILES string of the molecule is O=C([O-])c1ccccc1-c1ccccc1C(=O)[O-].[Ca+2]. The Hall–Kier alpha value is -1.36. The van der Waals surface area contributed by atoms with Gasteiger partial charge in [0.15, 0.2) is 0 Å². The van der Waals surface area contributed by atoms with Gasteiger partial charge in [0.2, 0.25) is 0 Å². The minimum Gasteiger partial charge on any atom is -0.545 e. The van der Waals surface area contributed by atoms with Gasteiger partial charge >= 0.3 is 37.7 Å². The van der Waals surface area contributed by atoms with Crippen molar-refractivity contribution in [3.8, 4) is 11.1 Å². The first kappa shape index (κ1) is 15.7. The molecular weight excluding hydrogens is 272 g/mol. The molecule has 0 unspecified atom stereocenters. The predicted octanol–water partition coefficient (Wildman–Crippen LogP) is -0.300. The third-order valence-electron chi connectivity index (χ3n) is 2.58. The first-order valence-corrected chi connectivity index (χ1v) is 5.22. The van der Waals surface area contributed by atoms with Crippen molar-refractivity contribution in [1.29, 1.82) is 0 Å². The van der Waals surface area contributed by atoms with Crippen LogP contribution in [0.15, 0.2) is 48.5 Å². The van der Waals surface area contributed by atoms with Gasteiger partial charge in [-0.15, -0.1) is 0 Å². The summed E-state index contributed by atoms with van der Waals surface area (Å²) in [4.78, 5) is 22.0. The molecule has 0 saturated carbocycles. The molecule has 0 atom stereocenters. The standard InChI is InChI=1S/C14H10O4.Ca/c15-13(16)11-7-3-1-5-9(11)10-6-2-4-8-12(10)14(17)18;/h1-8H,(H,15,16)(H,17,18);/q;+2/p-2.